The standard InChI is InChI=1S/C28H24F2N4O3/c1-16(17-5-3-2-4-6-17)32-26(35)14-21-15-31-28(37)25-13-19-11-20(8-10-24(19)34(21)25)33-27(36)18-7-9-22(29)23(30)12-18/h2-13,16,21H,14-15H2,1H3,(H,31,37)(H,32,35)(H,33,36). The molecule has 2 atom stereocenters. The summed E-state index contributed by atoms with van der Waals surface area (Å²) in [6.07, 6.45) is 0.169. The Morgan fingerprint density at radius 3 is 2.57 bits per heavy atom. The molecule has 0 aliphatic carbocycles. The first-order valence-corrected chi connectivity index (χ1v) is 11.8. The van der Waals surface area contributed by atoms with Crippen molar-refractivity contribution in [3.63, 3.8) is 0 Å². The Kier molecular flexibility index (Phi) is 6.43. The number of hydrogen-bond acceptors (Lipinski definition) is 3. The van der Waals surface area contributed by atoms with Crippen molar-refractivity contribution in [2.75, 3.05) is 11.9 Å². The van der Waals surface area contributed by atoms with Crippen LogP contribution in [0.4, 0.5) is 14.5 Å². The van der Waals surface area contributed by atoms with Crippen LogP contribution in [-0.4, -0.2) is 28.8 Å². The first-order chi connectivity index (χ1) is 17.8. The number of anilines is 1. The molecule has 0 radical (unpaired) electrons. The fourth-order valence-electron chi connectivity index (χ4n) is 4.62. The van der Waals surface area contributed by atoms with Crippen LogP contribution in [0.25, 0.3) is 10.9 Å². The number of halogens is 2. The largest absolute Gasteiger partial charge is 0.350 e. The van der Waals surface area contributed by atoms with E-state index in [2.05, 4.69) is 16.0 Å². The van der Waals surface area contributed by atoms with Crippen LogP contribution in [-0.2, 0) is 4.79 Å². The Labute approximate surface area is 211 Å². The molecule has 0 spiro atoms. The molecule has 0 saturated heterocycles. The van der Waals surface area contributed by atoms with Gasteiger partial charge in [-0.3, -0.25) is 14.4 Å². The molecule has 2 heterocycles. The topological polar surface area (TPSA) is 92.2 Å². The molecular weight excluding hydrogens is 478 g/mol. The third kappa shape index (κ3) is 4.93. The number of rotatable bonds is 6. The van der Waals surface area contributed by atoms with Gasteiger partial charge in [0.05, 0.1) is 12.1 Å². The van der Waals surface area contributed by atoms with Gasteiger partial charge in [-0.05, 0) is 55.0 Å². The van der Waals surface area contributed by atoms with Crippen LogP contribution in [0, 0.1) is 11.6 Å². The molecule has 3 N–H and O–H groups in total. The minimum absolute atomic E-state index is 0.0228. The minimum atomic E-state index is -1.11. The summed E-state index contributed by atoms with van der Waals surface area (Å²) in [7, 11) is 0. The molecule has 0 saturated carbocycles. The molecule has 7 nitrogen and oxygen atoms in total. The van der Waals surface area contributed by atoms with Gasteiger partial charge >= 0.3 is 0 Å². The van der Waals surface area contributed by atoms with Gasteiger partial charge in [-0.1, -0.05) is 30.3 Å². The van der Waals surface area contributed by atoms with Crippen molar-refractivity contribution in [1.82, 2.24) is 15.2 Å². The van der Waals surface area contributed by atoms with Crippen molar-refractivity contribution in [3.05, 3.63) is 101 Å². The van der Waals surface area contributed by atoms with Gasteiger partial charge in [0.25, 0.3) is 11.8 Å². The van der Waals surface area contributed by atoms with Crippen molar-refractivity contribution < 1.29 is 23.2 Å². The Hall–Kier alpha value is -4.53. The maximum absolute atomic E-state index is 13.5. The van der Waals surface area contributed by atoms with Crippen molar-refractivity contribution in [3.8, 4) is 0 Å². The minimum Gasteiger partial charge on any atom is -0.350 e. The summed E-state index contributed by atoms with van der Waals surface area (Å²) in [5, 5.41) is 9.22. The van der Waals surface area contributed by atoms with E-state index in [9.17, 15) is 23.2 Å². The van der Waals surface area contributed by atoms with Gasteiger partial charge in [-0.2, -0.15) is 0 Å². The van der Waals surface area contributed by atoms with Gasteiger partial charge in [0.2, 0.25) is 5.91 Å². The zero-order valence-electron chi connectivity index (χ0n) is 19.9. The molecule has 4 aromatic rings. The van der Waals surface area contributed by atoms with Crippen molar-refractivity contribution >= 4 is 34.3 Å². The lowest BCUT2D eigenvalue weighted by Gasteiger charge is -2.27. The Bertz CT molecular complexity index is 1520. The first kappa shape index (κ1) is 24.2. The van der Waals surface area contributed by atoms with E-state index in [1.54, 1.807) is 24.3 Å². The molecule has 2 unspecified atom stereocenters. The number of aromatic nitrogens is 1. The number of benzene rings is 3. The van der Waals surface area contributed by atoms with Gasteiger partial charge in [0.1, 0.15) is 5.69 Å². The van der Waals surface area contributed by atoms with Crippen LogP contribution in [0.3, 0.4) is 0 Å². The number of hydrogen-bond donors (Lipinski definition) is 3. The molecule has 0 bridgehead atoms. The summed E-state index contributed by atoms with van der Waals surface area (Å²) in [5.74, 6) is -3.13. The van der Waals surface area contributed by atoms with Gasteiger partial charge in [0.15, 0.2) is 11.6 Å². The van der Waals surface area contributed by atoms with Crippen molar-refractivity contribution in [2.24, 2.45) is 0 Å². The summed E-state index contributed by atoms with van der Waals surface area (Å²) < 4.78 is 28.6. The maximum atomic E-state index is 13.5. The van der Waals surface area contributed by atoms with Crippen molar-refractivity contribution in [2.45, 2.75) is 25.4 Å². The van der Waals surface area contributed by atoms with Crippen LogP contribution in [0.5, 0.6) is 0 Å². The average molecular weight is 503 g/mol. The molecule has 188 valence electrons. The summed E-state index contributed by atoms with van der Waals surface area (Å²) in [5.41, 5.74) is 2.56. The Morgan fingerprint density at radius 2 is 1.81 bits per heavy atom. The smallest absolute Gasteiger partial charge is 0.268 e. The fourth-order valence-corrected chi connectivity index (χ4v) is 4.62. The van der Waals surface area contributed by atoms with Crippen LogP contribution < -0.4 is 16.0 Å². The Balaban J connectivity index is 1.36. The zero-order valence-corrected chi connectivity index (χ0v) is 19.9. The third-order valence-corrected chi connectivity index (χ3v) is 6.47. The van der Waals surface area contributed by atoms with Gasteiger partial charge in [-0.15, -0.1) is 0 Å². The monoisotopic (exact) mass is 502 g/mol. The second-order valence-corrected chi connectivity index (χ2v) is 9.02. The van der Waals surface area contributed by atoms with E-state index in [-0.39, 0.29) is 35.9 Å². The number of carbonyl (C=O) groups excluding carboxylic acids is 3. The molecule has 3 amide bonds. The summed E-state index contributed by atoms with van der Waals surface area (Å²) in [6.45, 7) is 2.22. The highest BCUT2D eigenvalue weighted by atomic mass is 19.2. The van der Waals surface area contributed by atoms with E-state index >= 15 is 0 Å². The predicted octanol–water partition coefficient (Wildman–Crippen LogP) is 4.72. The number of amides is 3. The maximum Gasteiger partial charge on any atom is 0.268 e. The number of carbonyl (C=O) groups is 3. The molecule has 1 aliphatic rings. The lowest BCUT2D eigenvalue weighted by atomic mass is 10.1. The number of fused-ring (bicyclic) bond motifs is 3. The molecule has 3 aromatic carbocycles. The highest BCUT2D eigenvalue weighted by Gasteiger charge is 2.29. The van der Waals surface area contributed by atoms with E-state index in [4.69, 9.17) is 0 Å². The van der Waals surface area contributed by atoms with Crippen LogP contribution in [0.15, 0.2) is 72.8 Å². The quantitative estimate of drug-likeness (QED) is 0.356. The summed E-state index contributed by atoms with van der Waals surface area (Å²) >= 11 is 0. The van der Waals surface area contributed by atoms with E-state index in [1.807, 2.05) is 41.8 Å². The summed E-state index contributed by atoms with van der Waals surface area (Å²) in [6, 6.07) is 18.9. The van der Waals surface area contributed by atoms with Crippen LogP contribution >= 0.6 is 0 Å². The highest BCUT2D eigenvalue weighted by Crippen LogP contribution is 2.30. The molecule has 1 aromatic heterocycles. The van der Waals surface area contributed by atoms with Gasteiger partial charge < -0.3 is 20.5 Å². The van der Waals surface area contributed by atoms with Gasteiger partial charge in [-0.25, -0.2) is 8.78 Å². The van der Waals surface area contributed by atoms with E-state index < -0.39 is 17.5 Å². The van der Waals surface area contributed by atoms with E-state index in [1.165, 1.54) is 6.07 Å². The average Bonchev–Trinajstić information content (AvgIpc) is 3.28. The van der Waals surface area contributed by atoms with Crippen LogP contribution in [0.1, 0.15) is 51.8 Å². The van der Waals surface area contributed by atoms with Crippen LogP contribution in [0.2, 0.25) is 0 Å². The Morgan fingerprint density at radius 1 is 1.03 bits per heavy atom. The second kappa shape index (κ2) is 9.85. The van der Waals surface area contributed by atoms with Crippen molar-refractivity contribution in [1.29, 1.82) is 0 Å². The lowest BCUT2D eigenvalue weighted by molar-refractivity contribution is -0.122. The SMILES string of the molecule is CC(NC(=O)CC1CNC(=O)c2cc3cc(NC(=O)c4ccc(F)c(F)c4)ccc3n21)c1ccccc1. The summed E-state index contributed by atoms with van der Waals surface area (Å²) in [4.78, 5) is 38.0. The first-order valence-electron chi connectivity index (χ1n) is 11.8. The molecule has 9 heteroatoms. The molecule has 37 heavy (non-hydrogen) atoms. The second-order valence-electron chi connectivity index (χ2n) is 9.02. The fraction of sp³-hybridized carbons (Fsp3) is 0.179. The van der Waals surface area contributed by atoms with E-state index in [0.29, 0.717) is 23.3 Å². The number of nitrogens with one attached hydrogen (secondary N) is 3. The molecular formula is C28H24F2N4O3. The number of nitrogens with zero attached hydrogens (tertiary/aromatic N) is 1. The normalized spacial score (nSPS) is 15.5. The molecule has 0 fully saturated rings. The third-order valence-electron chi connectivity index (χ3n) is 6.47. The zero-order chi connectivity index (χ0) is 26.1. The van der Waals surface area contributed by atoms with E-state index in [0.717, 1.165) is 23.2 Å². The predicted molar refractivity (Wildman–Crippen MR) is 135 cm³/mol. The molecule has 5 rings (SSSR count). The lowest BCUT2D eigenvalue weighted by Crippen LogP contribution is -2.41. The molecule has 1 aliphatic heterocycles. The highest BCUT2D eigenvalue weighted by molar-refractivity contribution is 6.06. The van der Waals surface area contributed by atoms with Gasteiger partial charge in [0, 0.05) is 35.1 Å².